The van der Waals surface area contributed by atoms with Gasteiger partial charge in [-0.15, -0.1) is 11.3 Å². The lowest BCUT2D eigenvalue weighted by Gasteiger charge is -2.22. The molecule has 1 amide bonds. The van der Waals surface area contributed by atoms with Crippen LogP contribution < -0.4 is 5.32 Å². The number of benzene rings is 1. The zero-order valence-corrected chi connectivity index (χ0v) is 13.4. The fourth-order valence-electron chi connectivity index (χ4n) is 1.99. The van der Waals surface area contributed by atoms with Crippen molar-refractivity contribution in [3.63, 3.8) is 0 Å². The molecule has 5 heteroatoms. The molecule has 21 heavy (non-hydrogen) atoms. The molecule has 0 unspecified atom stereocenters. The van der Waals surface area contributed by atoms with E-state index in [9.17, 15) is 9.59 Å². The molecule has 0 aliphatic rings. The molecule has 1 aromatic heterocycles. The first-order chi connectivity index (χ1) is 9.79. The Morgan fingerprint density at radius 3 is 2.43 bits per heavy atom. The topological polar surface area (TPSA) is 59.1 Å². The lowest BCUT2D eigenvalue weighted by molar-refractivity contribution is 0.100. The molecule has 0 spiro atoms. The van der Waals surface area contributed by atoms with Gasteiger partial charge in [0.15, 0.2) is 10.9 Å². The van der Waals surface area contributed by atoms with Gasteiger partial charge < -0.3 is 0 Å². The number of thiazole rings is 1. The first kappa shape index (κ1) is 15.4. The molecule has 0 aliphatic carbocycles. The SMILES string of the molecule is CC(=O)c1csc(NC(=O)c2ccccc2C(C)(C)C)n1. The highest BCUT2D eigenvalue weighted by atomic mass is 32.1. The van der Waals surface area contributed by atoms with Gasteiger partial charge in [0.25, 0.3) is 5.91 Å². The van der Waals surface area contributed by atoms with Gasteiger partial charge in [0.1, 0.15) is 5.69 Å². The van der Waals surface area contributed by atoms with E-state index < -0.39 is 0 Å². The predicted molar refractivity (Wildman–Crippen MR) is 85.2 cm³/mol. The van der Waals surface area contributed by atoms with Gasteiger partial charge in [-0.2, -0.15) is 0 Å². The number of carbonyl (C=O) groups is 2. The van der Waals surface area contributed by atoms with Crippen LogP contribution in [-0.2, 0) is 5.41 Å². The molecular formula is C16H18N2O2S. The van der Waals surface area contributed by atoms with Crippen LogP contribution in [0.5, 0.6) is 0 Å². The summed E-state index contributed by atoms with van der Waals surface area (Å²) in [4.78, 5) is 27.8. The lowest BCUT2D eigenvalue weighted by Crippen LogP contribution is -2.20. The number of amides is 1. The van der Waals surface area contributed by atoms with Crippen LogP contribution in [0.2, 0.25) is 0 Å². The van der Waals surface area contributed by atoms with Gasteiger partial charge in [-0.1, -0.05) is 39.0 Å². The number of nitrogens with one attached hydrogen (secondary N) is 1. The number of rotatable bonds is 3. The smallest absolute Gasteiger partial charge is 0.257 e. The molecule has 1 heterocycles. The van der Waals surface area contributed by atoms with Crippen molar-refractivity contribution in [2.45, 2.75) is 33.1 Å². The number of hydrogen-bond acceptors (Lipinski definition) is 4. The molecule has 2 aromatic rings. The summed E-state index contributed by atoms with van der Waals surface area (Å²) in [6, 6.07) is 7.52. The highest BCUT2D eigenvalue weighted by Gasteiger charge is 2.21. The minimum Gasteiger partial charge on any atom is -0.298 e. The Morgan fingerprint density at radius 2 is 1.86 bits per heavy atom. The summed E-state index contributed by atoms with van der Waals surface area (Å²) in [7, 11) is 0. The Labute approximate surface area is 128 Å². The number of anilines is 1. The van der Waals surface area contributed by atoms with Gasteiger partial charge in [-0.05, 0) is 17.0 Å². The molecule has 0 atom stereocenters. The molecule has 2 rings (SSSR count). The van der Waals surface area contributed by atoms with Crippen LogP contribution >= 0.6 is 11.3 Å². The van der Waals surface area contributed by atoms with E-state index in [1.165, 1.54) is 18.3 Å². The number of aromatic nitrogens is 1. The first-order valence-electron chi connectivity index (χ1n) is 6.66. The molecule has 0 fully saturated rings. The molecule has 110 valence electrons. The van der Waals surface area contributed by atoms with Crippen molar-refractivity contribution >= 4 is 28.2 Å². The zero-order chi connectivity index (χ0) is 15.6. The second-order valence-corrected chi connectivity index (χ2v) is 6.70. The van der Waals surface area contributed by atoms with Gasteiger partial charge in [0, 0.05) is 17.9 Å². The largest absolute Gasteiger partial charge is 0.298 e. The van der Waals surface area contributed by atoms with E-state index >= 15 is 0 Å². The zero-order valence-electron chi connectivity index (χ0n) is 12.6. The number of nitrogens with zero attached hydrogens (tertiary/aromatic N) is 1. The molecule has 0 aliphatic heterocycles. The Bertz CT molecular complexity index is 684. The Morgan fingerprint density at radius 1 is 1.19 bits per heavy atom. The van der Waals surface area contributed by atoms with Crippen LogP contribution in [0.1, 0.15) is 54.1 Å². The van der Waals surface area contributed by atoms with Crippen molar-refractivity contribution < 1.29 is 9.59 Å². The quantitative estimate of drug-likeness (QED) is 0.875. The second-order valence-electron chi connectivity index (χ2n) is 5.84. The van der Waals surface area contributed by atoms with Crippen molar-refractivity contribution in [2.75, 3.05) is 5.32 Å². The van der Waals surface area contributed by atoms with Crippen LogP contribution in [0, 0.1) is 0 Å². The van der Waals surface area contributed by atoms with Crippen LogP contribution in [0.25, 0.3) is 0 Å². The Kier molecular flexibility index (Phi) is 4.23. The number of hydrogen-bond donors (Lipinski definition) is 1. The van der Waals surface area contributed by atoms with E-state index in [-0.39, 0.29) is 17.1 Å². The normalized spacial score (nSPS) is 11.2. The van der Waals surface area contributed by atoms with Crippen LogP contribution in [0.15, 0.2) is 29.6 Å². The van der Waals surface area contributed by atoms with Crippen molar-refractivity contribution in [2.24, 2.45) is 0 Å². The molecule has 0 saturated heterocycles. The van der Waals surface area contributed by atoms with E-state index in [1.807, 2.05) is 18.2 Å². The average molecular weight is 302 g/mol. The lowest BCUT2D eigenvalue weighted by atomic mass is 9.83. The molecular weight excluding hydrogens is 284 g/mol. The summed E-state index contributed by atoms with van der Waals surface area (Å²) >= 11 is 1.25. The molecule has 1 N–H and O–H groups in total. The first-order valence-corrected chi connectivity index (χ1v) is 7.54. The maximum Gasteiger partial charge on any atom is 0.257 e. The highest BCUT2D eigenvalue weighted by molar-refractivity contribution is 7.14. The third-order valence-electron chi connectivity index (χ3n) is 3.07. The van der Waals surface area contributed by atoms with Gasteiger partial charge in [0.2, 0.25) is 0 Å². The Hall–Kier alpha value is -2.01. The standard InChI is InChI=1S/C16H18N2O2S/c1-10(19)13-9-21-15(17-13)18-14(20)11-7-5-6-8-12(11)16(2,3)4/h5-9H,1-4H3,(H,17,18,20). The fourth-order valence-corrected chi connectivity index (χ4v) is 2.74. The van der Waals surface area contributed by atoms with E-state index in [4.69, 9.17) is 0 Å². The summed E-state index contributed by atoms with van der Waals surface area (Å²) < 4.78 is 0. The number of carbonyl (C=O) groups excluding carboxylic acids is 2. The van der Waals surface area contributed by atoms with Gasteiger partial charge in [-0.25, -0.2) is 4.98 Å². The van der Waals surface area contributed by atoms with Crippen molar-refractivity contribution in [1.82, 2.24) is 4.98 Å². The maximum atomic E-state index is 12.4. The molecule has 1 aromatic carbocycles. The van der Waals surface area contributed by atoms with E-state index in [1.54, 1.807) is 11.4 Å². The molecule has 0 saturated carbocycles. The van der Waals surface area contributed by atoms with E-state index in [0.717, 1.165) is 5.56 Å². The van der Waals surface area contributed by atoms with Gasteiger partial charge in [0.05, 0.1) is 0 Å². The summed E-state index contributed by atoms with van der Waals surface area (Å²) in [5.41, 5.74) is 1.86. The summed E-state index contributed by atoms with van der Waals surface area (Å²) in [6.07, 6.45) is 0. The third kappa shape index (κ3) is 3.55. The predicted octanol–water partition coefficient (Wildman–Crippen LogP) is 3.90. The van der Waals surface area contributed by atoms with E-state index in [2.05, 4.69) is 31.1 Å². The fraction of sp³-hybridized carbons (Fsp3) is 0.312. The minimum absolute atomic E-state index is 0.109. The van der Waals surface area contributed by atoms with Crippen LogP contribution in [-0.4, -0.2) is 16.7 Å². The van der Waals surface area contributed by atoms with Crippen molar-refractivity contribution in [3.8, 4) is 0 Å². The van der Waals surface area contributed by atoms with Gasteiger partial charge >= 0.3 is 0 Å². The average Bonchev–Trinajstić information content (AvgIpc) is 2.86. The van der Waals surface area contributed by atoms with E-state index in [0.29, 0.717) is 16.4 Å². The van der Waals surface area contributed by atoms with Crippen molar-refractivity contribution in [3.05, 3.63) is 46.5 Å². The van der Waals surface area contributed by atoms with Crippen molar-refractivity contribution in [1.29, 1.82) is 0 Å². The molecule has 0 bridgehead atoms. The number of ketones is 1. The molecule has 4 nitrogen and oxygen atoms in total. The maximum absolute atomic E-state index is 12.4. The monoisotopic (exact) mass is 302 g/mol. The molecule has 0 radical (unpaired) electrons. The summed E-state index contributed by atoms with van der Waals surface area (Å²) in [5, 5.41) is 4.85. The van der Waals surface area contributed by atoms with Crippen LogP contribution in [0.3, 0.4) is 0 Å². The summed E-state index contributed by atoms with van der Waals surface area (Å²) in [6.45, 7) is 7.65. The number of Topliss-reactive ketones (excluding diaryl/α,β-unsaturated/α-hetero) is 1. The second kappa shape index (κ2) is 5.77. The van der Waals surface area contributed by atoms with Crippen LogP contribution in [0.4, 0.5) is 5.13 Å². The summed E-state index contributed by atoms with van der Waals surface area (Å²) in [5.74, 6) is -0.313. The minimum atomic E-state index is -0.204. The van der Waals surface area contributed by atoms with Gasteiger partial charge in [-0.3, -0.25) is 14.9 Å². The highest BCUT2D eigenvalue weighted by Crippen LogP contribution is 2.26. The Balaban J connectivity index is 2.26. The third-order valence-corrected chi connectivity index (χ3v) is 3.82.